The summed E-state index contributed by atoms with van der Waals surface area (Å²) < 4.78 is 7.73. The number of nitrogen functional groups attached to an aromatic ring is 1. The number of hydrogen-bond acceptors (Lipinski definition) is 4. The van der Waals surface area contributed by atoms with Crippen LogP contribution in [0, 0.1) is 0 Å². The minimum atomic E-state index is -0.190. The molecule has 0 saturated heterocycles. The number of allylic oxidation sites excluding steroid dienone is 4. The normalized spacial score (nSPS) is 19.8. The molecular weight excluding hydrogens is 316 g/mol. The van der Waals surface area contributed by atoms with Crippen LogP contribution in [-0.4, -0.2) is 14.8 Å². The molecule has 0 aliphatic heterocycles. The molecule has 25 heavy (non-hydrogen) atoms. The molecule has 0 aromatic carbocycles. The van der Waals surface area contributed by atoms with Gasteiger partial charge in [-0.2, -0.15) is 5.10 Å². The van der Waals surface area contributed by atoms with E-state index in [9.17, 15) is 4.79 Å². The van der Waals surface area contributed by atoms with Crippen molar-refractivity contribution >= 4 is 16.7 Å². The lowest BCUT2D eigenvalue weighted by Crippen LogP contribution is -2.27. The van der Waals surface area contributed by atoms with Crippen LogP contribution in [0.3, 0.4) is 0 Å². The fraction of sp³-hybridized carbons (Fsp3) is 0.263. The van der Waals surface area contributed by atoms with Gasteiger partial charge in [-0.1, -0.05) is 31.2 Å². The summed E-state index contributed by atoms with van der Waals surface area (Å²) in [6, 6.07) is 1.74. The van der Waals surface area contributed by atoms with Crippen molar-refractivity contribution in [2.24, 2.45) is 7.05 Å². The first kappa shape index (κ1) is 15.5. The molecule has 128 valence electrons. The molecule has 3 aromatic rings. The first-order chi connectivity index (χ1) is 12.1. The Balaban J connectivity index is 2.02. The SMILES string of the molecule is CCC1(c2cn(C)c(=O)c3cc(-c4n[nH]cc4N)oc23)C=CC=CC1. The molecule has 3 heterocycles. The molecule has 3 N–H and O–H groups in total. The van der Waals surface area contributed by atoms with Crippen LogP contribution in [0.5, 0.6) is 0 Å². The molecule has 6 heteroatoms. The molecule has 1 aliphatic carbocycles. The zero-order valence-electron chi connectivity index (χ0n) is 14.2. The van der Waals surface area contributed by atoms with Gasteiger partial charge in [-0.3, -0.25) is 9.89 Å². The van der Waals surface area contributed by atoms with E-state index in [1.807, 2.05) is 12.3 Å². The van der Waals surface area contributed by atoms with Crippen molar-refractivity contribution in [1.82, 2.24) is 14.8 Å². The lowest BCUT2D eigenvalue weighted by molar-refractivity contribution is 0.503. The second-order valence-corrected chi connectivity index (χ2v) is 6.50. The smallest absolute Gasteiger partial charge is 0.261 e. The number of nitrogens with two attached hydrogens (primary N) is 1. The number of hydrogen-bond donors (Lipinski definition) is 2. The Morgan fingerprint density at radius 1 is 1.44 bits per heavy atom. The van der Waals surface area contributed by atoms with Gasteiger partial charge in [0.05, 0.1) is 11.1 Å². The van der Waals surface area contributed by atoms with Crippen LogP contribution in [0.1, 0.15) is 25.3 Å². The standard InChI is InChI=1S/C19H20N4O2/c1-3-19(7-5-4-6-8-19)13-11-23(2)18(24)12-9-15(25-17(12)13)16-14(20)10-21-22-16/h4-7,9-11H,3,8,20H2,1-2H3,(H,21,22). The predicted octanol–water partition coefficient (Wildman–Crippen LogP) is 3.27. The van der Waals surface area contributed by atoms with Gasteiger partial charge in [0.15, 0.2) is 11.5 Å². The maximum atomic E-state index is 12.6. The summed E-state index contributed by atoms with van der Waals surface area (Å²) in [5, 5.41) is 7.41. The number of aromatic nitrogens is 3. The maximum absolute atomic E-state index is 12.6. The van der Waals surface area contributed by atoms with Gasteiger partial charge in [-0.05, 0) is 18.9 Å². The Hall–Kier alpha value is -3.02. The van der Waals surface area contributed by atoms with Crippen molar-refractivity contribution in [3.8, 4) is 11.5 Å². The van der Waals surface area contributed by atoms with Gasteiger partial charge in [0.1, 0.15) is 5.58 Å². The maximum Gasteiger partial charge on any atom is 0.261 e. The largest absolute Gasteiger partial charge is 0.454 e. The highest BCUT2D eigenvalue weighted by atomic mass is 16.3. The Morgan fingerprint density at radius 3 is 2.92 bits per heavy atom. The van der Waals surface area contributed by atoms with E-state index in [4.69, 9.17) is 10.2 Å². The fourth-order valence-electron chi connectivity index (χ4n) is 3.54. The zero-order chi connectivity index (χ0) is 17.6. The van der Waals surface area contributed by atoms with Gasteiger partial charge in [0.25, 0.3) is 5.56 Å². The topological polar surface area (TPSA) is 89.8 Å². The Morgan fingerprint density at radius 2 is 2.28 bits per heavy atom. The van der Waals surface area contributed by atoms with Gasteiger partial charge in [0.2, 0.25) is 0 Å². The van der Waals surface area contributed by atoms with Gasteiger partial charge in [0, 0.05) is 30.4 Å². The van der Waals surface area contributed by atoms with Gasteiger partial charge < -0.3 is 14.7 Å². The highest BCUT2D eigenvalue weighted by Gasteiger charge is 2.32. The summed E-state index contributed by atoms with van der Waals surface area (Å²) in [6.07, 6.45) is 13.7. The van der Waals surface area contributed by atoms with Gasteiger partial charge in [-0.15, -0.1) is 0 Å². The van der Waals surface area contributed by atoms with E-state index in [1.165, 1.54) is 0 Å². The minimum Gasteiger partial charge on any atom is -0.454 e. The Bertz CT molecular complexity index is 1070. The van der Waals surface area contributed by atoms with Crippen molar-refractivity contribution < 1.29 is 4.42 Å². The van der Waals surface area contributed by atoms with E-state index in [2.05, 4.69) is 35.3 Å². The van der Waals surface area contributed by atoms with E-state index in [-0.39, 0.29) is 11.0 Å². The van der Waals surface area contributed by atoms with E-state index < -0.39 is 0 Å². The van der Waals surface area contributed by atoms with E-state index in [1.54, 1.807) is 23.9 Å². The summed E-state index contributed by atoms with van der Waals surface area (Å²) in [5.41, 5.74) is 8.29. The average molecular weight is 336 g/mol. The van der Waals surface area contributed by atoms with Crippen molar-refractivity contribution in [3.63, 3.8) is 0 Å². The average Bonchev–Trinajstić information content (AvgIpc) is 3.25. The molecular formula is C19H20N4O2. The quantitative estimate of drug-likeness (QED) is 0.768. The number of nitrogens with zero attached hydrogens (tertiary/aromatic N) is 2. The van der Waals surface area contributed by atoms with E-state index in [0.717, 1.165) is 18.4 Å². The van der Waals surface area contributed by atoms with Crippen molar-refractivity contribution in [2.75, 3.05) is 5.73 Å². The fourth-order valence-corrected chi connectivity index (χ4v) is 3.54. The third-order valence-corrected chi connectivity index (χ3v) is 5.07. The number of aromatic amines is 1. The lowest BCUT2D eigenvalue weighted by atomic mass is 9.73. The number of aryl methyl sites for hydroxylation is 1. The zero-order valence-corrected chi connectivity index (χ0v) is 14.2. The lowest BCUT2D eigenvalue weighted by Gasteiger charge is -2.30. The molecule has 0 bridgehead atoms. The second kappa shape index (κ2) is 5.51. The molecule has 4 rings (SSSR count). The molecule has 0 radical (unpaired) electrons. The first-order valence-electron chi connectivity index (χ1n) is 8.33. The minimum absolute atomic E-state index is 0.0931. The van der Waals surface area contributed by atoms with Crippen molar-refractivity contribution in [1.29, 1.82) is 0 Å². The highest BCUT2D eigenvalue weighted by molar-refractivity contribution is 5.86. The molecule has 0 amide bonds. The summed E-state index contributed by atoms with van der Waals surface area (Å²) in [7, 11) is 1.77. The first-order valence-corrected chi connectivity index (χ1v) is 8.33. The molecule has 3 aromatic heterocycles. The van der Waals surface area contributed by atoms with Crippen LogP contribution < -0.4 is 11.3 Å². The van der Waals surface area contributed by atoms with Crippen LogP contribution in [0.4, 0.5) is 5.69 Å². The summed E-state index contributed by atoms with van der Waals surface area (Å²) in [4.78, 5) is 12.6. The Labute approximate surface area is 144 Å². The predicted molar refractivity (Wildman–Crippen MR) is 98.3 cm³/mol. The van der Waals surface area contributed by atoms with E-state index in [0.29, 0.717) is 28.1 Å². The van der Waals surface area contributed by atoms with Crippen LogP contribution in [0.15, 0.2) is 52.0 Å². The number of pyridine rings is 1. The van der Waals surface area contributed by atoms with Crippen LogP contribution in [0.25, 0.3) is 22.4 Å². The number of fused-ring (bicyclic) bond motifs is 1. The number of anilines is 1. The number of nitrogens with one attached hydrogen (secondary N) is 1. The molecule has 0 fully saturated rings. The van der Waals surface area contributed by atoms with E-state index >= 15 is 0 Å². The third-order valence-electron chi connectivity index (χ3n) is 5.07. The van der Waals surface area contributed by atoms with Crippen molar-refractivity contribution in [3.05, 3.63) is 58.7 Å². The van der Waals surface area contributed by atoms with Crippen molar-refractivity contribution in [2.45, 2.75) is 25.2 Å². The molecule has 0 spiro atoms. The number of furan rings is 1. The number of rotatable bonds is 3. The summed E-state index contributed by atoms with van der Waals surface area (Å²) in [5.74, 6) is 0.500. The molecule has 6 nitrogen and oxygen atoms in total. The molecule has 1 aliphatic rings. The van der Waals surface area contributed by atoms with Gasteiger partial charge in [-0.25, -0.2) is 0 Å². The number of H-pyrrole nitrogens is 1. The summed E-state index contributed by atoms with van der Waals surface area (Å²) in [6.45, 7) is 2.15. The summed E-state index contributed by atoms with van der Waals surface area (Å²) >= 11 is 0. The highest BCUT2D eigenvalue weighted by Crippen LogP contribution is 2.40. The Kier molecular flexibility index (Phi) is 3.42. The van der Waals surface area contributed by atoms with Crippen LogP contribution >= 0.6 is 0 Å². The second-order valence-electron chi connectivity index (χ2n) is 6.50. The molecule has 1 unspecified atom stereocenters. The van der Waals surface area contributed by atoms with Crippen LogP contribution in [0.2, 0.25) is 0 Å². The van der Waals surface area contributed by atoms with Gasteiger partial charge >= 0.3 is 0 Å². The monoisotopic (exact) mass is 336 g/mol. The molecule has 0 saturated carbocycles. The molecule has 1 atom stereocenters. The third kappa shape index (κ3) is 2.25. The van der Waals surface area contributed by atoms with Crippen LogP contribution in [-0.2, 0) is 12.5 Å².